The van der Waals surface area contributed by atoms with Gasteiger partial charge in [-0.1, -0.05) is 6.92 Å². The maximum absolute atomic E-state index is 13.2. The molecule has 0 spiro atoms. The van der Waals surface area contributed by atoms with Gasteiger partial charge in [0.2, 0.25) is 0 Å². The van der Waals surface area contributed by atoms with E-state index in [1.54, 1.807) is 0 Å². The first-order valence-corrected chi connectivity index (χ1v) is 11.1. The molecular formula is C22H27F4N5O. The molecule has 174 valence electrons. The van der Waals surface area contributed by atoms with Gasteiger partial charge in [-0.3, -0.25) is 9.58 Å². The van der Waals surface area contributed by atoms with Gasteiger partial charge in [-0.2, -0.15) is 13.9 Å². The zero-order valence-corrected chi connectivity index (χ0v) is 18.0. The molecule has 0 amide bonds. The molecule has 2 aliphatic carbocycles. The molecule has 3 unspecified atom stereocenters. The number of alkyl halides is 4. The summed E-state index contributed by atoms with van der Waals surface area (Å²) in [6, 6.07) is 3.86. The van der Waals surface area contributed by atoms with Gasteiger partial charge in [0.15, 0.2) is 11.6 Å². The Morgan fingerprint density at radius 2 is 1.91 bits per heavy atom. The summed E-state index contributed by atoms with van der Waals surface area (Å²) in [4.78, 5) is 5.90. The molecule has 0 radical (unpaired) electrons. The van der Waals surface area contributed by atoms with Crippen molar-refractivity contribution in [2.45, 2.75) is 63.6 Å². The molecule has 0 aromatic carbocycles. The summed E-state index contributed by atoms with van der Waals surface area (Å²) in [5.74, 6) is -1.50. The van der Waals surface area contributed by atoms with Gasteiger partial charge < -0.3 is 10.5 Å². The van der Waals surface area contributed by atoms with Gasteiger partial charge in [-0.15, -0.1) is 0 Å². The van der Waals surface area contributed by atoms with E-state index in [1.807, 2.05) is 15.6 Å². The van der Waals surface area contributed by atoms with Crippen LogP contribution < -0.4 is 10.5 Å². The molecule has 3 aliphatic rings. The quantitative estimate of drug-likeness (QED) is 0.624. The Kier molecular flexibility index (Phi) is 5.11. The summed E-state index contributed by atoms with van der Waals surface area (Å²) >= 11 is 0. The first-order valence-electron chi connectivity index (χ1n) is 11.1. The Labute approximate surface area is 183 Å². The predicted octanol–water partition coefficient (Wildman–Crippen LogP) is 4.54. The summed E-state index contributed by atoms with van der Waals surface area (Å²) in [5.41, 5.74) is 7.98. The van der Waals surface area contributed by atoms with E-state index in [-0.39, 0.29) is 36.7 Å². The number of ether oxygens (including phenoxy) is 1. The lowest BCUT2D eigenvalue weighted by Gasteiger charge is -2.43. The Bertz CT molecular complexity index is 992. The number of aromatic nitrogens is 3. The van der Waals surface area contributed by atoms with E-state index in [2.05, 4.69) is 23.6 Å². The van der Waals surface area contributed by atoms with Crippen molar-refractivity contribution in [3.05, 3.63) is 24.0 Å². The fourth-order valence-electron chi connectivity index (χ4n) is 5.47. The summed E-state index contributed by atoms with van der Waals surface area (Å²) in [5, 5.41) is 4.77. The molecule has 3 fully saturated rings. The van der Waals surface area contributed by atoms with Crippen LogP contribution in [0.25, 0.3) is 11.3 Å². The molecule has 3 heterocycles. The van der Waals surface area contributed by atoms with Crippen LogP contribution in [-0.4, -0.2) is 51.3 Å². The molecule has 10 heteroatoms. The highest BCUT2D eigenvalue weighted by Gasteiger charge is 2.61. The maximum Gasteiger partial charge on any atom is 0.387 e. The van der Waals surface area contributed by atoms with Crippen molar-refractivity contribution in [2.24, 2.45) is 11.8 Å². The van der Waals surface area contributed by atoms with Crippen molar-refractivity contribution in [3.63, 3.8) is 0 Å². The van der Waals surface area contributed by atoms with E-state index in [0.29, 0.717) is 29.0 Å². The molecule has 1 aliphatic heterocycles. The van der Waals surface area contributed by atoms with Crippen molar-refractivity contribution < 1.29 is 22.3 Å². The van der Waals surface area contributed by atoms with Crippen molar-refractivity contribution in [1.82, 2.24) is 19.7 Å². The van der Waals surface area contributed by atoms with Crippen LogP contribution in [0, 0.1) is 11.8 Å². The molecule has 2 aromatic rings. The minimum Gasteiger partial charge on any atom is -0.431 e. The predicted molar refractivity (Wildman–Crippen MR) is 111 cm³/mol. The van der Waals surface area contributed by atoms with Gasteiger partial charge in [0.25, 0.3) is 5.92 Å². The normalized spacial score (nSPS) is 29.6. The van der Waals surface area contributed by atoms with Crippen molar-refractivity contribution in [2.75, 3.05) is 18.8 Å². The SMILES string of the molecule is CCC(C)n1nc(-c2cnc(N)c(OC(F)F)c2)cc1C1C2CC(N3CC(F)(F)C3)CC21. The molecule has 2 saturated carbocycles. The second kappa shape index (κ2) is 7.60. The van der Waals surface area contributed by atoms with E-state index in [9.17, 15) is 17.6 Å². The highest BCUT2D eigenvalue weighted by molar-refractivity contribution is 5.64. The third-order valence-electron chi connectivity index (χ3n) is 7.31. The van der Waals surface area contributed by atoms with Gasteiger partial charge in [0.05, 0.1) is 18.8 Å². The number of fused-ring (bicyclic) bond motifs is 1. The highest BCUT2D eigenvalue weighted by Crippen LogP contribution is 2.64. The number of nitrogens with zero attached hydrogens (tertiary/aromatic N) is 4. The number of hydrogen-bond acceptors (Lipinski definition) is 5. The number of pyridine rings is 1. The fraction of sp³-hybridized carbons (Fsp3) is 0.636. The minimum absolute atomic E-state index is 0.102. The van der Waals surface area contributed by atoms with Crippen molar-refractivity contribution in [3.8, 4) is 17.0 Å². The first kappa shape index (κ1) is 21.5. The zero-order chi connectivity index (χ0) is 22.8. The molecular weight excluding hydrogens is 426 g/mol. The fourth-order valence-corrected chi connectivity index (χ4v) is 5.47. The molecule has 2 N–H and O–H groups in total. The Hall–Kier alpha value is -2.36. The summed E-state index contributed by atoms with van der Waals surface area (Å²) in [6.45, 7) is 0.944. The lowest BCUT2D eigenvalue weighted by molar-refractivity contribution is -0.146. The van der Waals surface area contributed by atoms with Crippen molar-refractivity contribution in [1.29, 1.82) is 0 Å². The molecule has 1 saturated heterocycles. The van der Waals surface area contributed by atoms with Crippen LogP contribution in [0.4, 0.5) is 23.4 Å². The molecule has 0 bridgehead atoms. The van der Waals surface area contributed by atoms with Crippen LogP contribution in [0.2, 0.25) is 0 Å². The number of anilines is 1. The average Bonchev–Trinajstić information content (AvgIpc) is 3.07. The smallest absolute Gasteiger partial charge is 0.387 e. The Morgan fingerprint density at radius 1 is 1.22 bits per heavy atom. The Morgan fingerprint density at radius 3 is 2.50 bits per heavy atom. The van der Waals surface area contributed by atoms with E-state index in [0.717, 1.165) is 25.0 Å². The minimum atomic E-state index is -2.99. The maximum atomic E-state index is 13.2. The topological polar surface area (TPSA) is 69.2 Å². The lowest BCUT2D eigenvalue weighted by Crippen LogP contribution is -2.59. The molecule has 5 rings (SSSR count). The van der Waals surface area contributed by atoms with Crippen LogP contribution >= 0.6 is 0 Å². The number of nitrogens with two attached hydrogens (primary N) is 1. The van der Waals surface area contributed by atoms with E-state index in [4.69, 9.17) is 10.8 Å². The third-order valence-corrected chi connectivity index (χ3v) is 7.31. The first-order chi connectivity index (χ1) is 15.2. The molecule has 6 nitrogen and oxygen atoms in total. The van der Waals surface area contributed by atoms with Gasteiger partial charge in [-0.05, 0) is 50.2 Å². The monoisotopic (exact) mass is 453 g/mol. The summed E-state index contributed by atoms with van der Waals surface area (Å²) < 4.78 is 58.4. The highest BCUT2D eigenvalue weighted by atomic mass is 19.3. The van der Waals surface area contributed by atoms with E-state index < -0.39 is 12.5 Å². The van der Waals surface area contributed by atoms with Gasteiger partial charge in [-0.25, -0.2) is 13.8 Å². The number of halogens is 4. The number of hydrogen-bond donors (Lipinski definition) is 1. The zero-order valence-electron chi connectivity index (χ0n) is 18.0. The lowest BCUT2D eigenvalue weighted by atomic mass is 9.98. The molecule has 3 atom stereocenters. The third kappa shape index (κ3) is 3.72. The number of nitrogen functional groups attached to an aromatic ring is 1. The van der Waals surface area contributed by atoms with Crippen molar-refractivity contribution >= 4 is 5.82 Å². The van der Waals surface area contributed by atoms with Gasteiger partial charge in [0.1, 0.15) is 0 Å². The second-order valence-electron chi connectivity index (χ2n) is 9.38. The largest absolute Gasteiger partial charge is 0.431 e. The van der Waals surface area contributed by atoms with E-state index >= 15 is 0 Å². The van der Waals surface area contributed by atoms with Gasteiger partial charge in [0, 0.05) is 35.5 Å². The molecule has 32 heavy (non-hydrogen) atoms. The standard InChI is InChI=1S/C22H27F4N5O/c1-3-11(2)31-17(19-14-5-13(6-15(14)19)30-9-22(25,26)10-30)7-16(29-31)12-4-18(32-21(23)24)20(27)28-8-12/h4,7-8,11,13-15,19,21H,3,5-6,9-10H2,1-2H3,(H2,27,28). The van der Waals surface area contributed by atoms with Crippen LogP contribution in [0.5, 0.6) is 5.75 Å². The summed E-state index contributed by atoms with van der Waals surface area (Å²) in [6.07, 6.45) is 4.26. The number of likely N-dealkylation sites (tertiary alicyclic amines) is 1. The second-order valence-corrected chi connectivity index (χ2v) is 9.38. The van der Waals surface area contributed by atoms with Gasteiger partial charge >= 0.3 is 6.61 Å². The van der Waals surface area contributed by atoms with Crippen LogP contribution in [0.3, 0.4) is 0 Å². The summed E-state index contributed by atoms with van der Waals surface area (Å²) in [7, 11) is 0. The van der Waals surface area contributed by atoms with Crippen LogP contribution in [-0.2, 0) is 0 Å². The van der Waals surface area contributed by atoms with Crippen LogP contribution in [0.15, 0.2) is 18.3 Å². The van der Waals surface area contributed by atoms with Crippen LogP contribution in [0.1, 0.15) is 50.8 Å². The molecule has 2 aromatic heterocycles. The number of rotatable bonds is 7. The Balaban J connectivity index is 1.37. The van der Waals surface area contributed by atoms with E-state index in [1.165, 1.54) is 12.3 Å². The average molecular weight is 453 g/mol.